The fourth-order valence-electron chi connectivity index (χ4n) is 3.36. The van der Waals surface area contributed by atoms with Crippen LogP contribution in [0.2, 0.25) is 5.02 Å². The van der Waals surface area contributed by atoms with Gasteiger partial charge in [0.2, 0.25) is 10.0 Å². The first kappa shape index (κ1) is 18.2. The molecule has 0 amide bonds. The lowest BCUT2D eigenvalue weighted by Gasteiger charge is -2.24. The molecular weight excluding hydrogens is 364 g/mol. The molecule has 1 aliphatic rings. The molecule has 136 valence electrons. The maximum atomic E-state index is 13.2. The van der Waals surface area contributed by atoms with Crippen LogP contribution < -0.4 is 4.74 Å². The lowest BCUT2D eigenvalue weighted by Crippen LogP contribution is -2.31. The van der Waals surface area contributed by atoms with Crippen molar-refractivity contribution >= 4 is 21.6 Å². The molecule has 3 rings (SSSR count). The van der Waals surface area contributed by atoms with Crippen molar-refractivity contribution in [3.8, 4) is 5.75 Å². The summed E-state index contributed by atoms with van der Waals surface area (Å²) < 4.78 is 38.4. The minimum atomic E-state index is -3.68. The smallest absolute Gasteiger partial charge is 0.243 e. The van der Waals surface area contributed by atoms with Crippen molar-refractivity contribution in [2.75, 3.05) is 13.7 Å². The fourth-order valence-corrected chi connectivity index (χ4v) is 5.38. The zero-order valence-corrected chi connectivity index (χ0v) is 16.0. The van der Waals surface area contributed by atoms with E-state index in [1.807, 2.05) is 13.8 Å². The molecule has 1 aromatic carbocycles. The topological polar surface area (TPSA) is 72.6 Å². The molecule has 0 radical (unpaired) electrons. The van der Waals surface area contributed by atoms with Gasteiger partial charge in [0.15, 0.2) is 0 Å². The van der Waals surface area contributed by atoms with Crippen molar-refractivity contribution in [3.63, 3.8) is 0 Å². The Labute approximate surface area is 152 Å². The predicted molar refractivity (Wildman–Crippen MR) is 94.5 cm³/mol. The number of aryl methyl sites for hydroxylation is 2. The minimum Gasteiger partial charge on any atom is -0.495 e. The summed E-state index contributed by atoms with van der Waals surface area (Å²) in [5, 5.41) is 4.30. The molecule has 1 fully saturated rings. The summed E-state index contributed by atoms with van der Waals surface area (Å²) in [7, 11) is -2.19. The van der Waals surface area contributed by atoms with E-state index in [-0.39, 0.29) is 16.0 Å². The molecule has 1 aromatic heterocycles. The van der Waals surface area contributed by atoms with E-state index in [1.54, 1.807) is 6.07 Å². The standard InChI is InChI=1S/C17H21ClN2O4S/c1-4-15-17(11(2)19-24-15)14-6-5-9-20(14)25(21,22)12-7-8-16(23-3)13(18)10-12/h7-8,10,14H,4-6,9H2,1-3H3/t14-/m0/s1. The van der Waals surface area contributed by atoms with Gasteiger partial charge < -0.3 is 9.26 Å². The number of benzene rings is 1. The van der Waals surface area contributed by atoms with Crippen molar-refractivity contribution in [1.82, 2.24) is 9.46 Å². The maximum Gasteiger partial charge on any atom is 0.243 e. The molecule has 0 bridgehead atoms. The second kappa shape index (κ2) is 6.97. The van der Waals surface area contributed by atoms with Crippen LogP contribution in [0.5, 0.6) is 5.75 Å². The van der Waals surface area contributed by atoms with Crippen LogP contribution in [0.1, 0.15) is 42.8 Å². The van der Waals surface area contributed by atoms with Gasteiger partial charge in [0.25, 0.3) is 0 Å². The van der Waals surface area contributed by atoms with E-state index in [4.69, 9.17) is 20.9 Å². The number of halogens is 1. The number of rotatable bonds is 5. The van der Waals surface area contributed by atoms with E-state index >= 15 is 0 Å². The highest BCUT2D eigenvalue weighted by Gasteiger charge is 2.39. The van der Waals surface area contributed by atoms with Gasteiger partial charge in [0.1, 0.15) is 11.5 Å². The van der Waals surface area contributed by atoms with E-state index in [2.05, 4.69) is 5.16 Å². The Morgan fingerprint density at radius 2 is 2.20 bits per heavy atom. The van der Waals surface area contributed by atoms with Gasteiger partial charge >= 0.3 is 0 Å². The van der Waals surface area contributed by atoms with Crippen molar-refractivity contribution in [1.29, 1.82) is 0 Å². The Morgan fingerprint density at radius 3 is 2.84 bits per heavy atom. The van der Waals surface area contributed by atoms with Gasteiger partial charge in [0.05, 0.1) is 28.8 Å². The molecule has 25 heavy (non-hydrogen) atoms. The van der Waals surface area contributed by atoms with Crippen LogP contribution in [0.3, 0.4) is 0 Å². The maximum absolute atomic E-state index is 13.2. The van der Waals surface area contributed by atoms with Gasteiger partial charge in [-0.2, -0.15) is 4.31 Å². The zero-order chi connectivity index (χ0) is 18.2. The number of aromatic nitrogens is 1. The van der Waals surface area contributed by atoms with E-state index in [0.29, 0.717) is 18.7 Å². The molecule has 0 aliphatic carbocycles. The summed E-state index contributed by atoms with van der Waals surface area (Å²) in [5.74, 6) is 1.19. The van der Waals surface area contributed by atoms with Crippen LogP contribution in [0.25, 0.3) is 0 Å². The summed E-state index contributed by atoms with van der Waals surface area (Å²) in [5.41, 5.74) is 1.64. The van der Waals surface area contributed by atoms with Crippen LogP contribution in [0.4, 0.5) is 0 Å². The highest BCUT2D eigenvalue weighted by Crippen LogP contribution is 2.40. The molecule has 2 heterocycles. The van der Waals surface area contributed by atoms with Gasteiger partial charge in [-0.05, 0) is 38.0 Å². The third kappa shape index (κ3) is 3.16. The lowest BCUT2D eigenvalue weighted by atomic mass is 10.0. The highest BCUT2D eigenvalue weighted by atomic mass is 35.5. The number of ether oxygens (including phenoxy) is 1. The Kier molecular flexibility index (Phi) is 5.09. The number of hydrogen-bond acceptors (Lipinski definition) is 5. The van der Waals surface area contributed by atoms with Crippen molar-refractivity contribution < 1.29 is 17.7 Å². The average molecular weight is 385 g/mol. The molecular formula is C17H21ClN2O4S. The van der Waals surface area contributed by atoms with Crippen LogP contribution in [-0.4, -0.2) is 31.5 Å². The van der Waals surface area contributed by atoms with Crippen LogP contribution in [0.15, 0.2) is 27.6 Å². The average Bonchev–Trinajstić information content (AvgIpc) is 3.20. The Balaban J connectivity index is 2.01. The minimum absolute atomic E-state index is 0.164. The number of methoxy groups -OCH3 is 1. The van der Waals surface area contributed by atoms with Crippen molar-refractivity contribution in [2.24, 2.45) is 0 Å². The third-order valence-corrected chi connectivity index (χ3v) is 6.77. The quantitative estimate of drug-likeness (QED) is 0.785. The lowest BCUT2D eigenvalue weighted by molar-refractivity contribution is 0.368. The fraction of sp³-hybridized carbons (Fsp3) is 0.471. The molecule has 1 saturated heterocycles. The molecule has 2 aromatic rings. The SMILES string of the molecule is CCc1onc(C)c1[C@@H]1CCCN1S(=O)(=O)c1ccc(OC)c(Cl)c1. The molecule has 1 atom stereocenters. The summed E-state index contributed by atoms with van der Waals surface area (Å²) in [6, 6.07) is 4.28. The summed E-state index contributed by atoms with van der Waals surface area (Å²) >= 11 is 6.12. The summed E-state index contributed by atoms with van der Waals surface area (Å²) in [4.78, 5) is 0.164. The molecule has 6 nitrogen and oxygen atoms in total. The molecule has 0 saturated carbocycles. The van der Waals surface area contributed by atoms with E-state index < -0.39 is 10.0 Å². The second-order valence-corrected chi connectivity index (χ2v) is 8.33. The second-order valence-electron chi connectivity index (χ2n) is 6.03. The number of sulfonamides is 1. The van der Waals surface area contributed by atoms with Gasteiger partial charge in [-0.1, -0.05) is 23.7 Å². The van der Waals surface area contributed by atoms with Crippen molar-refractivity contribution in [3.05, 3.63) is 40.2 Å². The first-order valence-electron chi connectivity index (χ1n) is 8.20. The number of hydrogen-bond donors (Lipinski definition) is 0. The summed E-state index contributed by atoms with van der Waals surface area (Å²) in [6.07, 6.45) is 2.22. The van der Waals surface area contributed by atoms with Gasteiger partial charge in [-0.15, -0.1) is 0 Å². The van der Waals surface area contributed by atoms with Gasteiger partial charge in [0, 0.05) is 18.5 Å². The monoisotopic (exact) mass is 384 g/mol. The van der Waals surface area contributed by atoms with Gasteiger partial charge in [-0.25, -0.2) is 8.42 Å². The van der Waals surface area contributed by atoms with E-state index in [1.165, 1.54) is 23.5 Å². The Bertz CT molecular complexity index is 879. The van der Waals surface area contributed by atoms with E-state index in [0.717, 1.165) is 29.9 Å². The van der Waals surface area contributed by atoms with Crippen LogP contribution in [0, 0.1) is 6.92 Å². The zero-order valence-electron chi connectivity index (χ0n) is 14.5. The van der Waals surface area contributed by atoms with Crippen LogP contribution in [-0.2, 0) is 16.4 Å². The molecule has 0 spiro atoms. The third-order valence-electron chi connectivity index (χ3n) is 4.57. The number of nitrogens with zero attached hydrogens (tertiary/aromatic N) is 2. The van der Waals surface area contributed by atoms with E-state index in [9.17, 15) is 8.42 Å². The molecule has 0 N–H and O–H groups in total. The molecule has 0 unspecified atom stereocenters. The van der Waals surface area contributed by atoms with Crippen molar-refractivity contribution in [2.45, 2.75) is 44.0 Å². The Morgan fingerprint density at radius 1 is 1.44 bits per heavy atom. The largest absolute Gasteiger partial charge is 0.495 e. The molecule has 1 aliphatic heterocycles. The van der Waals surface area contributed by atoms with Crippen LogP contribution >= 0.6 is 11.6 Å². The Hall–Kier alpha value is -1.57. The first-order chi connectivity index (χ1) is 11.9. The molecule has 8 heteroatoms. The van der Waals surface area contributed by atoms with Gasteiger partial charge in [-0.3, -0.25) is 0 Å². The normalized spacial score (nSPS) is 18.6. The predicted octanol–water partition coefficient (Wildman–Crippen LogP) is 3.73. The highest BCUT2D eigenvalue weighted by molar-refractivity contribution is 7.89. The summed E-state index contributed by atoms with van der Waals surface area (Å²) in [6.45, 7) is 4.29. The first-order valence-corrected chi connectivity index (χ1v) is 10.0.